The quantitative estimate of drug-likeness (QED) is 0.428. The Labute approximate surface area is 183 Å². The molecule has 0 aliphatic carbocycles. The van der Waals surface area contributed by atoms with Crippen molar-refractivity contribution in [2.45, 2.75) is 6.42 Å². The molecule has 0 saturated carbocycles. The predicted octanol–water partition coefficient (Wildman–Crippen LogP) is 0.617. The van der Waals surface area contributed by atoms with Crippen molar-refractivity contribution in [3.05, 3.63) is 12.3 Å². The van der Waals surface area contributed by atoms with Gasteiger partial charge < -0.3 is 45.0 Å². The number of carbonyl (C=O) groups excluding carboxylic acids is 1. The number of nitrogens with one attached hydrogen (secondary N) is 2. The molecular formula is C19H27N3O10. The first-order chi connectivity index (χ1) is 14.8. The number of likely N-dealkylation sites (tertiary alicyclic amines) is 1. The van der Waals surface area contributed by atoms with Crippen LogP contribution in [0.5, 0.6) is 17.2 Å². The molecule has 6 N–H and O–H groups in total. The van der Waals surface area contributed by atoms with Crippen molar-refractivity contribution in [1.29, 1.82) is 0 Å². The van der Waals surface area contributed by atoms with Crippen LogP contribution in [0.15, 0.2) is 16.7 Å². The van der Waals surface area contributed by atoms with Crippen molar-refractivity contribution in [3.8, 4) is 17.2 Å². The van der Waals surface area contributed by atoms with E-state index in [-0.39, 0.29) is 11.5 Å². The van der Waals surface area contributed by atoms with E-state index < -0.39 is 11.9 Å². The van der Waals surface area contributed by atoms with Crippen LogP contribution in [0.4, 0.5) is 10.5 Å². The molecule has 0 radical (unpaired) electrons. The monoisotopic (exact) mass is 457 g/mol. The molecule has 0 unspecified atom stereocenters. The van der Waals surface area contributed by atoms with E-state index in [1.54, 1.807) is 19.4 Å². The van der Waals surface area contributed by atoms with Gasteiger partial charge in [0.25, 0.3) is 0 Å². The van der Waals surface area contributed by atoms with Crippen LogP contribution in [0.25, 0.3) is 11.0 Å². The zero-order valence-electron chi connectivity index (χ0n) is 17.9. The first-order valence-corrected chi connectivity index (χ1v) is 9.29. The molecule has 0 spiro atoms. The summed E-state index contributed by atoms with van der Waals surface area (Å²) in [7, 11) is 4.61. The van der Waals surface area contributed by atoms with Crippen molar-refractivity contribution < 1.29 is 48.7 Å². The Morgan fingerprint density at radius 1 is 1.09 bits per heavy atom. The van der Waals surface area contributed by atoms with Crippen LogP contribution in [0, 0.1) is 0 Å². The first-order valence-electron chi connectivity index (χ1n) is 9.29. The van der Waals surface area contributed by atoms with Crippen molar-refractivity contribution in [2.24, 2.45) is 0 Å². The van der Waals surface area contributed by atoms with Crippen LogP contribution in [-0.2, 0) is 9.59 Å². The summed E-state index contributed by atoms with van der Waals surface area (Å²) in [5.74, 6) is -2.36. The van der Waals surface area contributed by atoms with E-state index >= 15 is 0 Å². The van der Waals surface area contributed by atoms with Gasteiger partial charge in [-0.1, -0.05) is 0 Å². The number of fused-ring (bicyclic) bond motifs is 1. The number of hydrogen-bond acceptors (Lipinski definition) is 8. The lowest BCUT2D eigenvalue weighted by Crippen LogP contribution is -2.39. The number of methoxy groups -OCH3 is 2. The fourth-order valence-electron chi connectivity index (χ4n) is 2.83. The summed E-state index contributed by atoms with van der Waals surface area (Å²) in [6.45, 7) is 3.45. The van der Waals surface area contributed by atoms with Gasteiger partial charge in [0, 0.05) is 13.6 Å². The van der Waals surface area contributed by atoms with Crippen molar-refractivity contribution >= 4 is 34.6 Å². The Morgan fingerprint density at radius 2 is 1.72 bits per heavy atom. The zero-order chi connectivity index (χ0) is 23.0. The standard InChI is InChI=1S/C17H23N3O5.C2H2O4.H2O/c1-18-17(21)19-12-13(22-2)11-5-9-24-14(11)16(23-3)15(12)25-10-8-20-6-4-7-20;3-1(4)2(5)6;/h5,9H,4,6-8,10H2,1-3H3,(H2,18,19,21);(H,3,4)(H,5,6);1H2. The number of aliphatic carboxylic acids is 2. The summed E-state index contributed by atoms with van der Waals surface area (Å²) in [6, 6.07) is 1.38. The van der Waals surface area contributed by atoms with Gasteiger partial charge in [-0.15, -0.1) is 0 Å². The highest BCUT2D eigenvalue weighted by Crippen LogP contribution is 2.49. The van der Waals surface area contributed by atoms with Gasteiger partial charge in [0.1, 0.15) is 12.3 Å². The second-order valence-electron chi connectivity index (χ2n) is 6.29. The van der Waals surface area contributed by atoms with Crippen molar-refractivity contribution in [1.82, 2.24) is 10.2 Å². The molecule has 13 heteroatoms. The van der Waals surface area contributed by atoms with Crippen molar-refractivity contribution in [2.75, 3.05) is 52.8 Å². The van der Waals surface area contributed by atoms with E-state index in [9.17, 15) is 4.79 Å². The molecule has 1 aromatic carbocycles. The molecule has 0 atom stereocenters. The molecule has 1 fully saturated rings. The average Bonchev–Trinajstić information content (AvgIpc) is 3.19. The van der Waals surface area contributed by atoms with Gasteiger partial charge in [0.05, 0.1) is 25.9 Å². The number of carboxylic acid groups (broad SMARTS) is 2. The maximum atomic E-state index is 11.9. The second kappa shape index (κ2) is 12.2. The number of ether oxygens (including phenoxy) is 3. The summed E-state index contributed by atoms with van der Waals surface area (Å²) in [6.07, 6.45) is 2.77. The third-order valence-corrected chi connectivity index (χ3v) is 4.44. The molecule has 0 bridgehead atoms. The smallest absolute Gasteiger partial charge is 0.414 e. The molecular weight excluding hydrogens is 430 g/mol. The maximum Gasteiger partial charge on any atom is 0.414 e. The lowest BCUT2D eigenvalue weighted by Gasteiger charge is -2.30. The number of urea groups is 1. The van der Waals surface area contributed by atoms with Crippen LogP contribution < -0.4 is 24.8 Å². The minimum Gasteiger partial charge on any atom is -0.494 e. The Morgan fingerprint density at radius 3 is 2.19 bits per heavy atom. The highest BCUT2D eigenvalue weighted by atomic mass is 16.5. The zero-order valence-corrected chi connectivity index (χ0v) is 17.9. The van der Waals surface area contributed by atoms with Gasteiger partial charge in [-0.3, -0.25) is 4.90 Å². The number of carboxylic acids is 2. The number of hydrogen-bond donors (Lipinski definition) is 4. The Hall–Kier alpha value is -3.71. The number of benzene rings is 1. The van der Waals surface area contributed by atoms with Gasteiger partial charge in [-0.25, -0.2) is 14.4 Å². The molecule has 32 heavy (non-hydrogen) atoms. The highest BCUT2D eigenvalue weighted by molar-refractivity contribution is 6.27. The molecule has 1 aliphatic heterocycles. The number of anilines is 1. The van der Waals surface area contributed by atoms with Gasteiger partial charge in [-0.2, -0.15) is 0 Å². The van der Waals surface area contributed by atoms with E-state index in [0.29, 0.717) is 40.5 Å². The Kier molecular flexibility index (Phi) is 10.1. The number of furan rings is 1. The van der Waals surface area contributed by atoms with Crippen molar-refractivity contribution in [3.63, 3.8) is 0 Å². The van der Waals surface area contributed by atoms with E-state index in [2.05, 4.69) is 15.5 Å². The van der Waals surface area contributed by atoms with Crippen LogP contribution in [0.3, 0.4) is 0 Å². The molecule has 13 nitrogen and oxygen atoms in total. The number of rotatable bonds is 7. The summed E-state index contributed by atoms with van der Waals surface area (Å²) in [4.78, 5) is 32.4. The molecule has 3 rings (SSSR count). The summed E-state index contributed by atoms with van der Waals surface area (Å²) >= 11 is 0. The number of amides is 2. The predicted molar refractivity (Wildman–Crippen MR) is 113 cm³/mol. The topological polar surface area (TPSA) is 191 Å². The third kappa shape index (κ3) is 6.15. The maximum absolute atomic E-state index is 11.9. The SMILES string of the molecule is CNC(=O)Nc1c(OCCN2CCC2)c(OC)c2occc2c1OC.O.O=C(O)C(=O)O. The lowest BCUT2D eigenvalue weighted by atomic mass is 10.1. The molecule has 2 heterocycles. The average molecular weight is 457 g/mol. The largest absolute Gasteiger partial charge is 0.494 e. The van der Waals surface area contributed by atoms with Gasteiger partial charge in [0.2, 0.25) is 5.75 Å². The Balaban J connectivity index is 0.000000648. The van der Waals surface area contributed by atoms with E-state index in [1.807, 2.05) is 0 Å². The molecule has 1 saturated heterocycles. The van der Waals surface area contributed by atoms with Gasteiger partial charge in [0.15, 0.2) is 17.1 Å². The fourth-order valence-corrected chi connectivity index (χ4v) is 2.83. The van der Waals surface area contributed by atoms with Crippen LogP contribution in [0.1, 0.15) is 6.42 Å². The molecule has 1 aromatic heterocycles. The first kappa shape index (κ1) is 26.3. The third-order valence-electron chi connectivity index (χ3n) is 4.44. The van der Waals surface area contributed by atoms with Gasteiger partial charge in [-0.05, 0) is 25.6 Å². The van der Waals surface area contributed by atoms with Gasteiger partial charge >= 0.3 is 18.0 Å². The normalized spacial score (nSPS) is 12.3. The summed E-state index contributed by atoms with van der Waals surface area (Å²) in [5.41, 5.74) is 0.928. The molecule has 2 amide bonds. The summed E-state index contributed by atoms with van der Waals surface area (Å²) < 4.78 is 22.6. The molecule has 2 aromatic rings. The minimum atomic E-state index is -1.82. The second-order valence-corrected chi connectivity index (χ2v) is 6.29. The van der Waals surface area contributed by atoms with Crippen LogP contribution >= 0.6 is 0 Å². The lowest BCUT2D eigenvalue weighted by molar-refractivity contribution is -0.159. The Bertz CT molecular complexity index is 927. The van der Waals surface area contributed by atoms with E-state index in [4.69, 9.17) is 38.4 Å². The summed E-state index contributed by atoms with van der Waals surface area (Å²) in [5, 5.41) is 20.8. The van der Waals surface area contributed by atoms with Crippen LogP contribution in [0.2, 0.25) is 0 Å². The van der Waals surface area contributed by atoms with E-state index in [1.165, 1.54) is 20.6 Å². The number of nitrogens with zero attached hydrogens (tertiary/aromatic N) is 1. The minimum absolute atomic E-state index is 0. The van der Waals surface area contributed by atoms with Crippen LogP contribution in [-0.4, -0.2) is 86.1 Å². The fraction of sp³-hybridized carbons (Fsp3) is 0.421. The highest BCUT2D eigenvalue weighted by Gasteiger charge is 2.26. The number of carbonyl (C=O) groups is 3. The molecule has 178 valence electrons. The van der Waals surface area contributed by atoms with E-state index in [0.717, 1.165) is 19.6 Å². The molecule has 1 aliphatic rings.